The number of hydrogen-bond acceptors (Lipinski definition) is 3. The fourth-order valence-electron chi connectivity index (χ4n) is 2.06. The molecule has 0 heterocycles. The molecule has 0 bridgehead atoms. The normalized spacial score (nSPS) is 13.8. The van der Waals surface area contributed by atoms with Crippen molar-refractivity contribution in [3.8, 4) is 6.07 Å². The van der Waals surface area contributed by atoms with Crippen molar-refractivity contribution in [2.45, 2.75) is 50.5 Å². The van der Waals surface area contributed by atoms with E-state index < -0.39 is 0 Å². The standard InChI is InChI=1S/C16H24N2S/c1-4-18-16(3,13-17)11-7-8-12-19-15-10-6-5-9-14(15)2/h5-6,9-10,18H,4,7-8,11-12H2,1-3H3. The molecule has 0 saturated heterocycles. The van der Waals surface area contributed by atoms with Gasteiger partial charge in [0.1, 0.15) is 5.54 Å². The minimum Gasteiger partial charge on any atom is -0.300 e. The maximum Gasteiger partial charge on any atom is 0.103 e. The number of thioether (sulfide) groups is 1. The lowest BCUT2D eigenvalue weighted by molar-refractivity contribution is 0.415. The number of nitrogens with zero attached hydrogens (tertiary/aromatic N) is 1. The predicted octanol–water partition coefficient (Wildman–Crippen LogP) is 4.15. The quantitative estimate of drug-likeness (QED) is 0.572. The molecular formula is C16H24N2S. The molecular weight excluding hydrogens is 252 g/mol. The van der Waals surface area contributed by atoms with Crippen LogP contribution in [0.2, 0.25) is 0 Å². The average molecular weight is 276 g/mol. The van der Waals surface area contributed by atoms with Crippen LogP contribution < -0.4 is 5.32 Å². The Hall–Kier alpha value is -0.980. The number of nitriles is 1. The molecule has 2 nitrogen and oxygen atoms in total. The van der Waals surface area contributed by atoms with Gasteiger partial charge in [-0.1, -0.05) is 25.1 Å². The zero-order valence-corrected chi connectivity index (χ0v) is 13.0. The van der Waals surface area contributed by atoms with Crippen LogP contribution in [0.5, 0.6) is 0 Å². The van der Waals surface area contributed by atoms with E-state index in [1.807, 2.05) is 25.6 Å². The van der Waals surface area contributed by atoms with Crippen molar-refractivity contribution in [2.24, 2.45) is 0 Å². The summed E-state index contributed by atoms with van der Waals surface area (Å²) in [5.74, 6) is 1.12. The number of unbranched alkanes of at least 4 members (excludes halogenated alkanes) is 1. The second-order valence-corrected chi connectivity index (χ2v) is 6.18. The monoisotopic (exact) mass is 276 g/mol. The molecule has 0 saturated carbocycles. The van der Waals surface area contributed by atoms with Gasteiger partial charge in [0.15, 0.2) is 0 Å². The molecule has 19 heavy (non-hydrogen) atoms. The van der Waals surface area contributed by atoms with Crippen LogP contribution >= 0.6 is 11.8 Å². The van der Waals surface area contributed by atoms with Crippen molar-refractivity contribution in [1.29, 1.82) is 5.26 Å². The minimum absolute atomic E-state index is 0.359. The summed E-state index contributed by atoms with van der Waals surface area (Å²) in [4.78, 5) is 1.37. The Balaban J connectivity index is 2.25. The van der Waals surface area contributed by atoms with Gasteiger partial charge in [0, 0.05) is 4.90 Å². The summed E-state index contributed by atoms with van der Waals surface area (Å²) in [7, 11) is 0. The van der Waals surface area contributed by atoms with E-state index in [1.165, 1.54) is 10.5 Å². The first kappa shape index (κ1) is 16.1. The fraction of sp³-hybridized carbons (Fsp3) is 0.562. The van der Waals surface area contributed by atoms with Crippen molar-refractivity contribution < 1.29 is 0 Å². The summed E-state index contributed by atoms with van der Waals surface area (Å²) in [5.41, 5.74) is 0.990. The van der Waals surface area contributed by atoms with E-state index >= 15 is 0 Å². The lowest BCUT2D eigenvalue weighted by atomic mass is 9.97. The number of benzene rings is 1. The summed E-state index contributed by atoms with van der Waals surface area (Å²) in [6.45, 7) is 7.04. The molecule has 1 atom stereocenters. The van der Waals surface area contributed by atoms with Crippen LogP contribution in [-0.4, -0.2) is 17.8 Å². The number of rotatable bonds is 8. The van der Waals surface area contributed by atoms with E-state index in [9.17, 15) is 0 Å². The van der Waals surface area contributed by atoms with E-state index in [2.05, 4.69) is 42.6 Å². The van der Waals surface area contributed by atoms with E-state index in [4.69, 9.17) is 5.26 Å². The van der Waals surface area contributed by atoms with Crippen LogP contribution in [0.15, 0.2) is 29.2 Å². The Morgan fingerprint density at radius 3 is 2.68 bits per heavy atom. The van der Waals surface area contributed by atoms with Crippen LogP contribution in [0.4, 0.5) is 0 Å². The van der Waals surface area contributed by atoms with Gasteiger partial charge >= 0.3 is 0 Å². The molecule has 0 spiro atoms. The average Bonchev–Trinajstić information content (AvgIpc) is 2.41. The predicted molar refractivity (Wildman–Crippen MR) is 83.4 cm³/mol. The Morgan fingerprint density at radius 1 is 1.32 bits per heavy atom. The van der Waals surface area contributed by atoms with Gasteiger partial charge in [-0.15, -0.1) is 11.8 Å². The molecule has 0 aromatic heterocycles. The lowest BCUT2D eigenvalue weighted by Gasteiger charge is -2.22. The maximum absolute atomic E-state index is 9.17. The molecule has 1 rings (SSSR count). The SMILES string of the molecule is CCNC(C)(C#N)CCCCSc1ccccc1C. The first-order valence-electron chi connectivity index (χ1n) is 6.96. The molecule has 1 aromatic rings. The van der Waals surface area contributed by atoms with Crippen LogP contribution in [0.25, 0.3) is 0 Å². The second-order valence-electron chi connectivity index (χ2n) is 5.05. The molecule has 0 fully saturated rings. The van der Waals surface area contributed by atoms with Crippen molar-refractivity contribution in [2.75, 3.05) is 12.3 Å². The smallest absolute Gasteiger partial charge is 0.103 e. The molecule has 0 aliphatic heterocycles. The van der Waals surface area contributed by atoms with Crippen LogP contribution in [0.1, 0.15) is 38.7 Å². The fourth-order valence-corrected chi connectivity index (χ4v) is 3.09. The van der Waals surface area contributed by atoms with Gasteiger partial charge in [0.2, 0.25) is 0 Å². The molecule has 1 unspecified atom stereocenters. The summed E-state index contributed by atoms with van der Waals surface area (Å²) in [6, 6.07) is 10.9. The number of nitrogens with one attached hydrogen (secondary N) is 1. The highest BCUT2D eigenvalue weighted by Crippen LogP contribution is 2.23. The molecule has 1 N–H and O–H groups in total. The van der Waals surface area contributed by atoms with Gasteiger partial charge < -0.3 is 0 Å². The first-order valence-corrected chi connectivity index (χ1v) is 7.94. The second kappa shape index (κ2) is 8.24. The first-order chi connectivity index (χ1) is 9.11. The van der Waals surface area contributed by atoms with E-state index in [0.29, 0.717) is 0 Å². The highest BCUT2D eigenvalue weighted by atomic mass is 32.2. The van der Waals surface area contributed by atoms with Crippen LogP contribution in [0, 0.1) is 18.3 Å². The Kier molecular flexibility index (Phi) is 6.97. The zero-order chi connectivity index (χ0) is 14.1. The van der Waals surface area contributed by atoms with Gasteiger partial charge in [-0.25, -0.2) is 0 Å². The van der Waals surface area contributed by atoms with Crippen LogP contribution in [0.3, 0.4) is 0 Å². The molecule has 104 valence electrons. The molecule has 0 radical (unpaired) electrons. The van der Waals surface area contributed by atoms with Gasteiger partial charge in [0.25, 0.3) is 0 Å². The molecule has 0 aliphatic rings. The maximum atomic E-state index is 9.17. The van der Waals surface area contributed by atoms with Crippen molar-refractivity contribution in [3.63, 3.8) is 0 Å². The Bertz CT molecular complexity index is 425. The highest BCUT2D eigenvalue weighted by molar-refractivity contribution is 7.99. The lowest BCUT2D eigenvalue weighted by Crippen LogP contribution is -2.40. The molecule has 0 amide bonds. The van der Waals surface area contributed by atoms with Crippen molar-refractivity contribution in [3.05, 3.63) is 29.8 Å². The number of hydrogen-bond donors (Lipinski definition) is 1. The Labute approximate surface area is 121 Å². The summed E-state index contributed by atoms with van der Waals surface area (Å²) in [5, 5.41) is 12.4. The van der Waals surface area contributed by atoms with E-state index in [0.717, 1.165) is 31.6 Å². The van der Waals surface area contributed by atoms with Gasteiger partial charge in [-0.2, -0.15) is 5.26 Å². The third-order valence-electron chi connectivity index (χ3n) is 3.24. The largest absolute Gasteiger partial charge is 0.300 e. The summed E-state index contributed by atoms with van der Waals surface area (Å²) in [6.07, 6.45) is 3.17. The highest BCUT2D eigenvalue weighted by Gasteiger charge is 2.20. The van der Waals surface area contributed by atoms with Crippen molar-refractivity contribution >= 4 is 11.8 Å². The van der Waals surface area contributed by atoms with Gasteiger partial charge in [-0.3, -0.25) is 5.32 Å². The zero-order valence-electron chi connectivity index (χ0n) is 12.2. The topological polar surface area (TPSA) is 35.8 Å². The van der Waals surface area contributed by atoms with E-state index in [-0.39, 0.29) is 5.54 Å². The van der Waals surface area contributed by atoms with Gasteiger partial charge in [-0.05, 0) is 57.0 Å². The molecule has 1 aromatic carbocycles. The third-order valence-corrected chi connectivity index (χ3v) is 4.50. The third kappa shape index (κ3) is 5.67. The summed E-state index contributed by atoms with van der Waals surface area (Å²) >= 11 is 1.92. The molecule has 0 aliphatic carbocycles. The van der Waals surface area contributed by atoms with Crippen LogP contribution in [-0.2, 0) is 0 Å². The van der Waals surface area contributed by atoms with Gasteiger partial charge in [0.05, 0.1) is 6.07 Å². The van der Waals surface area contributed by atoms with Crippen molar-refractivity contribution in [1.82, 2.24) is 5.32 Å². The minimum atomic E-state index is -0.359. The summed E-state index contributed by atoms with van der Waals surface area (Å²) < 4.78 is 0. The molecule has 3 heteroatoms. The van der Waals surface area contributed by atoms with E-state index in [1.54, 1.807) is 0 Å². The number of aryl methyl sites for hydroxylation is 1. The Morgan fingerprint density at radius 2 is 2.05 bits per heavy atom.